The third kappa shape index (κ3) is 2.35. The summed E-state index contributed by atoms with van der Waals surface area (Å²) in [7, 11) is 0. The van der Waals surface area contributed by atoms with E-state index >= 15 is 0 Å². The van der Waals surface area contributed by atoms with E-state index in [2.05, 4.69) is 0 Å². The van der Waals surface area contributed by atoms with Gasteiger partial charge in [-0.1, -0.05) is 12.8 Å². The smallest absolute Gasteiger partial charge is 0.149 e. The first-order valence-corrected chi connectivity index (χ1v) is 7.30. The van der Waals surface area contributed by atoms with Crippen molar-refractivity contribution in [2.45, 2.75) is 45.4 Å². The second-order valence-electron chi connectivity index (χ2n) is 6.27. The number of aryl methyl sites for hydroxylation is 1. The molecule has 3 heteroatoms. The van der Waals surface area contributed by atoms with Crippen LogP contribution in [0.1, 0.15) is 44.1 Å². The van der Waals surface area contributed by atoms with Gasteiger partial charge in [0.25, 0.3) is 0 Å². The summed E-state index contributed by atoms with van der Waals surface area (Å²) in [4.78, 5) is 1.90. The highest BCUT2D eigenvalue weighted by Crippen LogP contribution is 2.47. The summed E-state index contributed by atoms with van der Waals surface area (Å²) in [5.74, 6) is -0.834. The van der Waals surface area contributed by atoms with Crippen LogP contribution >= 0.6 is 0 Å². The molecule has 1 aliphatic heterocycles. The second-order valence-corrected chi connectivity index (χ2v) is 6.27. The summed E-state index contributed by atoms with van der Waals surface area (Å²) in [6.07, 6.45) is 7.43. The van der Waals surface area contributed by atoms with E-state index in [1.807, 2.05) is 4.90 Å². The number of anilines is 1. The minimum Gasteiger partial charge on any atom is -0.367 e. The molecule has 1 nitrogen and oxygen atoms in total. The molecule has 1 spiro atoms. The van der Waals surface area contributed by atoms with Crippen LogP contribution < -0.4 is 4.90 Å². The molecule has 0 N–H and O–H groups in total. The average molecular weight is 265 g/mol. The van der Waals surface area contributed by atoms with E-state index in [0.29, 0.717) is 11.0 Å². The Morgan fingerprint density at radius 1 is 0.947 bits per heavy atom. The molecule has 1 aliphatic carbocycles. The standard InChI is InChI=1S/C16H21F2N/c1-12-10-13(17)15(14(18)11-12)19-8-6-16(7-9-19)4-2-3-5-16/h10-11H,2-9H2,1H3. The number of hydrogen-bond acceptors (Lipinski definition) is 1. The Morgan fingerprint density at radius 3 is 2.00 bits per heavy atom. The van der Waals surface area contributed by atoms with Crippen LogP contribution in [0.5, 0.6) is 0 Å². The maximum atomic E-state index is 14.0. The number of nitrogens with zero attached hydrogens (tertiary/aromatic N) is 1. The summed E-state index contributed by atoms with van der Waals surface area (Å²) in [6, 6.07) is 2.86. The first-order chi connectivity index (χ1) is 9.10. The third-order valence-corrected chi connectivity index (χ3v) is 4.97. The van der Waals surface area contributed by atoms with Crippen LogP contribution in [0.3, 0.4) is 0 Å². The molecule has 3 rings (SSSR count). The summed E-state index contributed by atoms with van der Waals surface area (Å²) >= 11 is 0. The highest BCUT2D eigenvalue weighted by molar-refractivity contribution is 5.51. The molecule has 0 amide bonds. The second kappa shape index (κ2) is 4.77. The van der Waals surface area contributed by atoms with Crippen LogP contribution in [-0.4, -0.2) is 13.1 Å². The van der Waals surface area contributed by atoms with Gasteiger partial charge in [-0.3, -0.25) is 0 Å². The minimum atomic E-state index is -0.417. The lowest BCUT2D eigenvalue weighted by Gasteiger charge is -2.40. The third-order valence-electron chi connectivity index (χ3n) is 4.97. The van der Waals surface area contributed by atoms with Crippen LogP contribution in [0.15, 0.2) is 12.1 Å². The molecule has 2 fully saturated rings. The van der Waals surface area contributed by atoms with E-state index in [4.69, 9.17) is 0 Å². The SMILES string of the molecule is Cc1cc(F)c(N2CCC3(CCCC3)CC2)c(F)c1. The van der Waals surface area contributed by atoms with Crippen LogP contribution in [0.2, 0.25) is 0 Å². The predicted molar refractivity (Wildman–Crippen MR) is 73.4 cm³/mol. The normalized spacial score (nSPS) is 22.2. The number of halogens is 2. The maximum Gasteiger partial charge on any atom is 0.149 e. The van der Waals surface area contributed by atoms with Crippen LogP contribution in [0.25, 0.3) is 0 Å². The fourth-order valence-electron chi connectivity index (χ4n) is 3.82. The van der Waals surface area contributed by atoms with Gasteiger partial charge >= 0.3 is 0 Å². The highest BCUT2D eigenvalue weighted by Gasteiger charge is 2.37. The van der Waals surface area contributed by atoms with E-state index in [1.54, 1.807) is 6.92 Å². The molecule has 0 bridgehead atoms. The molecule has 1 saturated carbocycles. The van der Waals surface area contributed by atoms with E-state index in [9.17, 15) is 8.78 Å². The highest BCUT2D eigenvalue weighted by atomic mass is 19.1. The Kier molecular flexibility index (Phi) is 3.23. The number of piperidine rings is 1. The van der Waals surface area contributed by atoms with Crippen LogP contribution in [0, 0.1) is 24.0 Å². The summed E-state index contributed by atoms with van der Waals surface area (Å²) in [5, 5.41) is 0. The first kappa shape index (κ1) is 12.9. The molecule has 0 atom stereocenters. The molecule has 1 saturated heterocycles. The fourth-order valence-corrected chi connectivity index (χ4v) is 3.82. The van der Waals surface area contributed by atoms with Crippen molar-refractivity contribution in [2.75, 3.05) is 18.0 Å². The largest absolute Gasteiger partial charge is 0.367 e. The Bertz CT molecular complexity index is 445. The summed E-state index contributed by atoms with van der Waals surface area (Å²) in [5.41, 5.74) is 1.30. The summed E-state index contributed by atoms with van der Waals surface area (Å²) in [6.45, 7) is 3.30. The molecule has 0 radical (unpaired) electrons. The molecular weight excluding hydrogens is 244 g/mol. The quantitative estimate of drug-likeness (QED) is 0.726. The first-order valence-electron chi connectivity index (χ1n) is 7.30. The van der Waals surface area contributed by atoms with Crippen molar-refractivity contribution in [3.63, 3.8) is 0 Å². The zero-order valence-electron chi connectivity index (χ0n) is 11.5. The van der Waals surface area contributed by atoms with Gasteiger partial charge in [0.05, 0.1) is 0 Å². The lowest BCUT2D eigenvalue weighted by atomic mass is 9.77. The zero-order chi connectivity index (χ0) is 13.5. The number of rotatable bonds is 1. The molecular formula is C16H21F2N. The van der Waals surface area contributed by atoms with Crippen molar-refractivity contribution in [1.82, 2.24) is 0 Å². The lowest BCUT2D eigenvalue weighted by Crippen LogP contribution is -2.39. The van der Waals surface area contributed by atoms with Crippen molar-refractivity contribution in [1.29, 1.82) is 0 Å². The Hall–Kier alpha value is -1.12. The van der Waals surface area contributed by atoms with Crippen LogP contribution in [-0.2, 0) is 0 Å². The van der Waals surface area contributed by atoms with E-state index in [-0.39, 0.29) is 5.69 Å². The van der Waals surface area contributed by atoms with Gasteiger partial charge < -0.3 is 4.90 Å². The Labute approximate surface area is 113 Å². The fraction of sp³-hybridized carbons (Fsp3) is 0.625. The van der Waals surface area contributed by atoms with Gasteiger partial charge in [-0.15, -0.1) is 0 Å². The van der Waals surface area contributed by atoms with Gasteiger partial charge in [0.15, 0.2) is 0 Å². The Morgan fingerprint density at radius 2 is 1.47 bits per heavy atom. The predicted octanol–water partition coefficient (Wildman–Crippen LogP) is 4.43. The van der Waals surface area contributed by atoms with Crippen molar-refractivity contribution in [3.05, 3.63) is 29.3 Å². The monoisotopic (exact) mass is 265 g/mol. The van der Waals surface area contributed by atoms with Gasteiger partial charge in [0.2, 0.25) is 0 Å². The van der Waals surface area contributed by atoms with Crippen molar-refractivity contribution < 1.29 is 8.78 Å². The number of hydrogen-bond donors (Lipinski definition) is 0. The maximum absolute atomic E-state index is 14.0. The van der Waals surface area contributed by atoms with Gasteiger partial charge in [-0.05, 0) is 55.7 Å². The van der Waals surface area contributed by atoms with Crippen LogP contribution in [0.4, 0.5) is 14.5 Å². The molecule has 0 aromatic heterocycles. The van der Waals surface area contributed by atoms with Gasteiger partial charge in [-0.25, -0.2) is 8.78 Å². The molecule has 1 aromatic rings. The number of benzene rings is 1. The van der Waals surface area contributed by atoms with Crippen molar-refractivity contribution >= 4 is 5.69 Å². The summed E-state index contributed by atoms with van der Waals surface area (Å²) < 4.78 is 28.0. The minimum absolute atomic E-state index is 0.179. The van der Waals surface area contributed by atoms with Gasteiger partial charge in [0.1, 0.15) is 17.3 Å². The topological polar surface area (TPSA) is 3.24 Å². The van der Waals surface area contributed by atoms with Crippen molar-refractivity contribution in [3.8, 4) is 0 Å². The molecule has 0 unspecified atom stereocenters. The average Bonchev–Trinajstić information content (AvgIpc) is 2.79. The zero-order valence-corrected chi connectivity index (χ0v) is 11.5. The Balaban J connectivity index is 1.78. The van der Waals surface area contributed by atoms with Gasteiger partial charge in [-0.2, -0.15) is 0 Å². The molecule has 1 aromatic carbocycles. The van der Waals surface area contributed by atoms with Crippen molar-refractivity contribution in [2.24, 2.45) is 5.41 Å². The van der Waals surface area contributed by atoms with E-state index in [1.165, 1.54) is 37.8 Å². The lowest BCUT2D eigenvalue weighted by molar-refractivity contribution is 0.225. The molecule has 104 valence electrons. The van der Waals surface area contributed by atoms with E-state index < -0.39 is 11.6 Å². The molecule has 1 heterocycles. The van der Waals surface area contributed by atoms with E-state index in [0.717, 1.165) is 25.9 Å². The molecule has 19 heavy (non-hydrogen) atoms. The molecule has 2 aliphatic rings. The van der Waals surface area contributed by atoms with Gasteiger partial charge in [0, 0.05) is 13.1 Å².